The number of nitrogens with zero attached hydrogens (tertiary/aromatic N) is 1. The van der Waals surface area contributed by atoms with Gasteiger partial charge in [0.2, 0.25) is 0 Å². The zero-order valence-electron chi connectivity index (χ0n) is 35.8. The number of benzene rings is 7. The van der Waals surface area contributed by atoms with Gasteiger partial charge in [-0.2, -0.15) is 0 Å². The Labute approximate surface area is 357 Å². The highest BCUT2D eigenvalue weighted by molar-refractivity contribution is 6.05. The van der Waals surface area contributed by atoms with Gasteiger partial charge in [0, 0.05) is 22.5 Å². The molecule has 1 fully saturated rings. The van der Waals surface area contributed by atoms with Crippen molar-refractivity contribution in [3.05, 3.63) is 198 Å². The Bertz CT molecular complexity index is 2830. The first kappa shape index (κ1) is 38.0. The fraction of sp³-hybridized carbons (Fsp3) is 0.220. The SMILES string of the molecule is C/C=C\C(=C/CC)c1ccc(N(c2ccc(-c3ccc(-c4ccc(C5=C6CC(C)CC(C6)C5)cc4)c4ccccc34)cc2)c2ccc3c(c2)C(C)(C)c2ccccc2-3)cc1. The van der Waals surface area contributed by atoms with Crippen molar-refractivity contribution in [1.29, 1.82) is 0 Å². The molecule has 1 heteroatoms. The minimum absolute atomic E-state index is 0.0885. The molecule has 3 aliphatic carbocycles. The molecule has 0 radical (unpaired) electrons. The van der Waals surface area contributed by atoms with Crippen molar-refractivity contribution in [3.8, 4) is 33.4 Å². The van der Waals surface area contributed by atoms with E-state index in [1.54, 1.807) is 11.1 Å². The summed E-state index contributed by atoms with van der Waals surface area (Å²) in [5.41, 5.74) is 21.1. The van der Waals surface area contributed by atoms with Gasteiger partial charge in [0.15, 0.2) is 0 Å². The smallest absolute Gasteiger partial charge is 0.0465 e. The van der Waals surface area contributed by atoms with E-state index in [1.165, 1.54) is 97.7 Å². The number of hydrogen-bond acceptors (Lipinski definition) is 1. The van der Waals surface area contributed by atoms with Crippen LogP contribution in [-0.2, 0) is 5.41 Å². The van der Waals surface area contributed by atoms with Gasteiger partial charge in [-0.25, -0.2) is 0 Å². The molecule has 296 valence electrons. The van der Waals surface area contributed by atoms with Crippen LogP contribution >= 0.6 is 0 Å². The summed E-state index contributed by atoms with van der Waals surface area (Å²) in [6, 6.07) is 57.3. The minimum Gasteiger partial charge on any atom is -0.310 e. The molecule has 2 atom stereocenters. The highest BCUT2D eigenvalue weighted by atomic mass is 15.1. The Balaban J connectivity index is 1.01. The summed E-state index contributed by atoms with van der Waals surface area (Å²) < 4.78 is 0. The lowest BCUT2D eigenvalue weighted by Gasteiger charge is -2.28. The van der Waals surface area contributed by atoms with Crippen molar-refractivity contribution in [2.75, 3.05) is 4.90 Å². The second kappa shape index (κ2) is 15.4. The minimum atomic E-state index is -0.0885. The second-order valence-corrected chi connectivity index (χ2v) is 18.1. The monoisotopic (exact) mass is 777 g/mol. The maximum Gasteiger partial charge on any atom is 0.0465 e. The zero-order chi connectivity index (χ0) is 41.0. The van der Waals surface area contributed by atoms with E-state index in [9.17, 15) is 0 Å². The average molecular weight is 778 g/mol. The molecule has 2 bridgehead atoms. The molecule has 10 rings (SSSR count). The van der Waals surface area contributed by atoms with Gasteiger partial charge >= 0.3 is 0 Å². The van der Waals surface area contributed by atoms with Gasteiger partial charge in [-0.1, -0.05) is 167 Å². The Kier molecular flexibility index (Phi) is 9.80. The van der Waals surface area contributed by atoms with Crippen LogP contribution in [0.5, 0.6) is 0 Å². The topological polar surface area (TPSA) is 3.24 Å². The molecule has 60 heavy (non-hydrogen) atoms. The summed E-state index contributed by atoms with van der Waals surface area (Å²) in [6.07, 6.45) is 12.9. The zero-order valence-corrected chi connectivity index (χ0v) is 35.8. The van der Waals surface area contributed by atoms with Crippen molar-refractivity contribution in [3.63, 3.8) is 0 Å². The maximum absolute atomic E-state index is 2.43. The van der Waals surface area contributed by atoms with Gasteiger partial charge in [0.25, 0.3) is 0 Å². The van der Waals surface area contributed by atoms with Crippen LogP contribution in [0.2, 0.25) is 0 Å². The summed E-state index contributed by atoms with van der Waals surface area (Å²) in [4.78, 5) is 2.42. The van der Waals surface area contributed by atoms with E-state index in [4.69, 9.17) is 0 Å². The van der Waals surface area contributed by atoms with Crippen LogP contribution in [0.1, 0.15) is 89.0 Å². The van der Waals surface area contributed by atoms with E-state index < -0.39 is 0 Å². The molecule has 7 aromatic carbocycles. The molecule has 0 amide bonds. The normalized spacial score (nSPS) is 18.0. The fourth-order valence-corrected chi connectivity index (χ4v) is 11.0. The first-order chi connectivity index (χ1) is 29.3. The van der Waals surface area contributed by atoms with E-state index in [2.05, 4.69) is 209 Å². The summed E-state index contributed by atoms with van der Waals surface area (Å²) in [6.45, 7) is 11.4. The van der Waals surface area contributed by atoms with Gasteiger partial charge in [-0.15, -0.1) is 0 Å². The first-order valence-electron chi connectivity index (χ1n) is 22.2. The maximum atomic E-state index is 2.43. The van der Waals surface area contributed by atoms with Crippen LogP contribution < -0.4 is 4.90 Å². The third kappa shape index (κ3) is 6.65. The predicted octanol–water partition coefficient (Wildman–Crippen LogP) is 16.9. The molecule has 0 N–H and O–H groups in total. The lowest BCUT2D eigenvalue weighted by molar-refractivity contribution is 0.364. The van der Waals surface area contributed by atoms with Crippen LogP contribution in [0.4, 0.5) is 17.1 Å². The van der Waals surface area contributed by atoms with Crippen LogP contribution in [0, 0.1) is 11.8 Å². The largest absolute Gasteiger partial charge is 0.310 e. The fourth-order valence-electron chi connectivity index (χ4n) is 11.0. The summed E-state index contributed by atoms with van der Waals surface area (Å²) in [5, 5.41) is 2.57. The van der Waals surface area contributed by atoms with Crippen LogP contribution in [0.3, 0.4) is 0 Å². The molecule has 2 unspecified atom stereocenters. The lowest BCUT2D eigenvalue weighted by Crippen LogP contribution is -2.16. The van der Waals surface area contributed by atoms with Crippen molar-refractivity contribution in [2.24, 2.45) is 11.8 Å². The van der Waals surface area contributed by atoms with Crippen molar-refractivity contribution >= 4 is 39.0 Å². The molecular weight excluding hydrogens is 723 g/mol. The van der Waals surface area contributed by atoms with E-state index in [0.29, 0.717) is 0 Å². The van der Waals surface area contributed by atoms with E-state index in [0.717, 1.165) is 35.3 Å². The van der Waals surface area contributed by atoms with Gasteiger partial charge in [0.1, 0.15) is 0 Å². The summed E-state index contributed by atoms with van der Waals surface area (Å²) >= 11 is 0. The standard InChI is InChI=1S/C59H55N/c1-6-12-41(13-7-2)42-22-26-47(27-23-42)60(49-30-31-55-54-16-10-11-17-57(54)59(4,5)58(55)38-49)48-28-24-44(25-29-48)51-33-32-50(52-14-8-9-15-53(51)52)43-18-20-45(21-19-43)56-37-40-34-39(3)35-46(56)36-40/h6,8-33,38-40H,7,34-37H2,1-5H3/b12-6-,41-13+. The number of allylic oxidation sites excluding steroid dienone is 6. The summed E-state index contributed by atoms with van der Waals surface area (Å²) in [7, 11) is 0. The van der Waals surface area contributed by atoms with Crippen molar-refractivity contribution in [1.82, 2.24) is 0 Å². The number of anilines is 3. The molecular formula is C59H55N. The first-order valence-corrected chi connectivity index (χ1v) is 22.2. The third-order valence-electron chi connectivity index (χ3n) is 13.7. The van der Waals surface area contributed by atoms with Crippen LogP contribution in [0.25, 0.3) is 55.3 Å². The Morgan fingerprint density at radius 1 is 0.600 bits per heavy atom. The number of hydrogen-bond donors (Lipinski definition) is 0. The highest BCUT2D eigenvalue weighted by Crippen LogP contribution is 2.51. The lowest BCUT2D eigenvalue weighted by atomic mass is 9.82. The van der Waals surface area contributed by atoms with Gasteiger partial charge in [-0.3, -0.25) is 0 Å². The van der Waals surface area contributed by atoms with E-state index in [1.807, 2.05) is 0 Å². The molecule has 0 spiro atoms. The van der Waals surface area contributed by atoms with Crippen molar-refractivity contribution < 1.29 is 0 Å². The van der Waals surface area contributed by atoms with Crippen LogP contribution in [0.15, 0.2) is 175 Å². The van der Waals surface area contributed by atoms with Gasteiger partial charge < -0.3 is 4.90 Å². The Morgan fingerprint density at radius 2 is 1.17 bits per heavy atom. The molecule has 0 aromatic heterocycles. The Hall–Kier alpha value is -6.18. The van der Waals surface area contributed by atoms with E-state index >= 15 is 0 Å². The molecule has 1 nitrogen and oxygen atoms in total. The molecule has 0 aliphatic heterocycles. The van der Waals surface area contributed by atoms with Gasteiger partial charge in [-0.05, 0) is 165 Å². The van der Waals surface area contributed by atoms with Crippen LogP contribution in [-0.4, -0.2) is 0 Å². The Morgan fingerprint density at radius 3 is 1.83 bits per heavy atom. The highest BCUT2D eigenvalue weighted by Gasteiger charge is 2.36. The molecule has 7 aromatic rings. The van der Waals surface area contributed by atoms with Crippen molar-refractivity contribution in [2.45, 2.75) is 72.1 Å². The third-order valence-corrected chi connectivity index (χ3v) is 13.7. The number of fused-ring (bicyclic) bond motifs is 6. The summed E-state index contributed by atoms with van der Waals surface area (Å²) in [5.74, 6) is 1.68. The van der Waals surface area contributed by atoms with Gasteiger partial charge in [0.05, 0.1) is 0 Å². The molecule has 1 saturated carbocycles. The number of rotatable bonds is 9. The predicted molar refractivity (Wildman–Crippen MR) is 258 cm³/mol. The quantitative estimate of drug-likeness (QED) is 0.132. The molecule has 3 aliphatic rings. The molecule has 0 heterocycles. The second-order valence-electron chi connectivity index (χ2n) is 18.1. The van der Waals surface area contributed by atoms with E-state index in [-0.39, 0.29) is 5.41 Å². The molecule has 0 saturated heterocycles. The average Bonchev–Trinajstić information content (AvgIpc) is 3.71.